The fourth-order valence-corrected chi connectivity index (χ4v) is 3.78. The van der Waals surface area contributed by atoms with Gasteiger partial charge in [-0.25, -0.2) is 13.1 Å². The SMILES string of the molecule is CCOC(=O)C/C=C(\Cl)[C@H](CO[Si](C)(C)C(C)(C)C)NS(=O)(=O)C(C)(C)C. The monoisotopic (exact) mass is 441 g/mol. The highest BCUT2D eigenvalue weighted by molar-refractivity contribution is 7.90. The molecule has 0 amide bonds. The van der Waals surface area contributed by atoms with Crippen LogP contribution >= 0.6 is 11.6 Å². The summed E-state index contributed by atoms with van der Waals surface area (Å²) in [4.78, 5) is 11.6. The van der Waals surface area contributed by atoms with Crippen molar-refractivity contribution in [2.75, 3.05) is 13.2 Å². The maximum Gasteiger partial charge on any atom is 0.309 e. The third kappa shape index (κ3) is 8.64. The Kier molecular flexibility index (Phi) is 9.72. The molecular weight excluding hydrogens is 406 g/mol. The zero-order chi connectivity index (χ0) is 21.7. The number of hydrogen-bond acceptors (Lipinski definition) is 5. The highest BCUT2D eigenvalue weighted by Gasteiger charge is 2.39. The molecule has 0 aromatic rings. The van der Waals surface area contributed by atoms with Gasteiger partial charge in [0.2, 0.25) is 10.0 Å². The Balaban J connectivity index is 5.51. The van der Waals surface area contributed by atoms with Gasteiger partial charge in [0.15, 0.2) is 8.32 Å². The zero-order valence-corrected chi connectivity index (χ0v) is 20.7. The molecule has 0 saturated heterocycles. The summed E-state index contributed by atoms with van der Waals surface area (Å²) >= 11 is 6.35. The first-order valence-corrected chi connectivity index (χ1v) is 13.9. The van der Waals surface area contributed by atoms with Crippen LogP contribution in [0.2, 0.25) is 18.1 Å². The van der Waals surface area contributed by atoms with Crippen LogP contribution in [0.3, 0.4) is 0 Å². The second kappa shape index (κ2) is 9.87. The van der Waals surface area contributed by atoms with Crippen LogP contribution in [-0.2, 0) is 24.0 Å². The number of nitrogens with one attached hydrogen (secondary N) is 1. The lowest BCUT2D eigenvalue weighted by atomic mass is 10.2. The van der Waals surface area contributed by atoms with E-state index < -0.39 is 35.1 Å². The van der Waals surface area contributed by atoms with E-state index in [0.717, 1.165) is 0 Å². The van der Waals surface area contributed by atoms with Crippen LogP contribution in [-0.4, -0.2) is 46.7 Å². The van der Waals surface area contributed by atoms with E-state index in [9.17, 15) is 13.2 Å². The second-order valence-corrected chi connectivity index (χ2v) is 16.7. The number of hydrogen-bond donors (Lipinski definition) is 1. The van der Waals surface area contributed by atoms with Crippen molar-refractivity contribution in [3.8, 4) is 0 Å². The first-order valence-electron chi connectivity index (χ1n) is 9.11. The second-order valence-electron chi connectivity index (χ2n) is 8.96. The summed E-state index contributed by atoms with van der Waals surface area (Å²) < 4.78 is 37.9. The number of carbonyl (C=O) groups is 1. The quantitative estimate of drug-likeness (QED) is 0.429. The Morgan fingerprint density at radius 1 is 1.19 bits per heavy atom. The molecule has 0 aliphatic carbocycles. The summed E-state index contributed by atoms with van der Waals surface area (Å²) in [5.74, 6) is -0.418. The molecule has 0 fully saturated rings. The third-order valence-electron chi connectivity index (χ3n) is 4.62. The first-order chi connectivity index (χ1) is 11.9. The Morgan fingerprint density at radius 3 is 2.11 bits per heavy atom. The van der Waals surface area contributed by atoms with Gasteiger partial charge in [-0.15, -0.1) is 0 Å². The van der Waals surface area contributed by atoms with Gasteiger partial charge >= 0.3 is 5.97 Å². The lowest BCUT2D eigenvalue weighted by Gasteiger charge is -2.37. The molecule has 0 bridgehead atoms. The van der Waals surface area contributed by atoms with Crippen molar-refractivity contribution in [3.63, 3.8) is 0 Å². The largest absolute Gasteiger partial charge is 0.466 e. The van der Waals surface area contributed by atoms with Gasteiger partial charge in [0.05, 0.1) is 30.4 Å². The summed E-state index contributed by atoms with van der Waals surface area (Å²) in [6.45, 7) is 17.4. The van der Waals surface area contributed by atoms with Crippen LogP contribution in [0.15, 0.2) is 11.1 Å². The van der Waals surface area contributed by atoms with Crippen molar-refractivity contribution in [2.45, 2.75) is 83.8 Å². The predicted molar refractivity (Wildman–Crippen MR) is 114 cm³/mol. The van der Waals surface area contributed by atoms with Crippen LogP contribution in [0.25, 0.3) is 0 Å². The van der Waals surface area contributed by atoms with Crippen molar-refractivity contribution in [1.29, 1.82) is 0 Å². The minimum absolute atomic E-state index is 0.0262. The number of sulfonamides is 1. The molecule has 0 heterocycles. The first kappa shape index (κ1) is 26.6. The van der Waals surface area contributed by atoms with Crippen LogP contribution in [0.1, 0.15) is 54.9 Å². The molecule has 0 rings (SSSR count). The molecule has 0 unspecified atom stereocenters. The van der Waals surface area contributed by atoms with E-state index in [0.29, 0.717) is 0 Å². The lowest BCUT2D eigenvalue weighted by molar-refractivity contribution is -0.142. The molecule has 1 N–H and O–H groups in total. The molecule has 0 aromatic heterocycles. The molecule has 0 spiro atoms. The molecule has 160 valence electrons. The van der Waals surface area contributed by atoms with E-state index in [2.05, 4.69) is 38.6 Å². The molecule has 0 radical (unpaired) electrons. The van der Waals surface area contributed by atoms with Crippen LogP contribution in [0.4, 0.5) is 0 Å². The summed E-state index contributed by atoms with van der Waals surface area (Å²) in [6, 6.07) is -0.764. The van der Waals surface area contributed by atoms with E-state index in [4.69, 9.17) is 20.8 Å². The van der Waals surface area contributed by atoms with Gasteiger partial charge < -0.3 is 9.16 Å². The summed E-state index contributed by atoms with van der Waals surface area (Å²) in [5.41, 5.74) is 0. The number of rotatable bonds is 9. The van der Waals surface area contributed by atoms with E-state index in [-0.39, 0.29) is 29.7 Å². The van der Waals surface area contributed by atoms with Crippen LogP contribution < -0.4 is 4.72 Å². The number of halogens is 1. The minimum Gasteiger partial charge on any atom is -0.466 e. The van der Waals surface area contributed by atoms with Gasteiger partial charge in [0, 0.05) is 5.03 Å². The van der Waals surface area contributed by atoms with Crippen molar-refractivity contribution in [1.82, 2.24) is 4.72 Å². The molecule has 27 heavy (non-hydrogen) atoms. The molecule has 6 nitrogen and oxygen atoms in total. The van der Waals surface area contributed by atoms with E-state index in [1.165, 1.54) is 6.08 Å². The van der Waals surface area contributed by atoms with Crippen LogP contribution in [0.5, 0.6) is 0 Å². The normalized spacial score (nSPS) is 15.6. The fraction of sp³-hybridized carbons (Fsp3) is 0.833. The maximum atomic E-state index is 12.6. The minimum atomic E-state index is -3.65. The molecule has 0 aliphatic rings. The predicted octanol–water partition coefficient (Wildman–Crippen LogP) is 4.17. The lowest BCUT2D eigenvalue weighted by Crippen LogP contribution is -2.49. The zero-order valence-electron chi connectivity index (χ0n) is 18.1. The van der Waals surface area contributed by atoms with E-state index >= 15 is 0 Å². The molecule has 1 atom stereocenters. The molecule has 9 heteroatoms. The average molecular weight is 442 g/mol. The Bertz CT molecular complexity index is 633. The Labute approximate surface area is 171 Å². The number of esters is 1. The highest BCUT2D eigenvalue weighted by atomic mass is 35.5. The average Bonchev–Trinajstić information content (AvgIpc) is 2.47. The Hall–Kier alpha value is -0.413. The number of carbonyl (C=O) groups excluding carboxylic acids is 1. The van der Waals surface area contributed by atoms with Gasteiger partial charge in [-0.2, -0.15) is 0 Å². The molecule has 0 aliphatic heterocycles. The van der Waals surface area contributed by atoms with Gasteiger partial charge in [-0.1, -0.05) is 38.4 Å². The third-order valence-corrected chi connectivity index (χ3v) is 11.7. The van der Waals surface area contributed by atoms with E-state index in [1.807, 2.05) is 0 Å². The van der Waals surface area contributed by atoms with Crippen molar-refractivity contribution in [3.05, 3.63) is 11.1 Å². The van der Waals surface area contributed by atoms with Gasteiger partial charge in [-0.05, 0) is 45.8 Å². The highest BCUT2D eigenvalue weighted by Crippen LogP contribution is 2.36. The Morgan fingerprint density at radius 2 is 1.70 bits per heavy atom. The summed E-state index contributed by atoms with van der Waals surface area (Å²) in [5, 5.41) is 0.191. The van der Waals surface area contributed by atoms with E-state index in [1.54, 1.807) is 27.7 Å². The maximum absolute atomic E-state index is 12.6. The summed E-state index contributed by atoms with van der Waals surface area (Å²) in [7, 11) is -5.75. The van der Waals surface area contributed by atoms with Crippen molar-refractivity contribution >= 4 is 35.9 Å². The molecule has 0 saturated carbocycles. The topological polar surface area (TPSA) is 81.7 Å². The van der Waals surface area contributed by atoms with Gasteiger partial charge in [0.1, 0.15) is 0 Å². The summed E-state index contributed by atoms with van der Waals surface area (Å²) in [6.07, 6.45) is 1.45. The van der Waals surface area contributed by atoms with Crippen LogP contribution in [0, 0.1) is 0 Å². The standard InChI is InChI=1S/C18H36ClNO5SSi/c1-10-24-16(21)12-11-14(19)15(20-26(22,23)17(2,3)4)13-25-27(8,9)18(5,6)7/h11,15,20H,10,12-13H2,1-9H3/b14-11-/t15-/m0/s1. The van der Waals surface area contributed by atoms with Gasteiger partial charge in [0.25, 0.3) is 0 Å². The van der Waals surface area contributed by atoms with Crippen molar-refractivity contribution < 1.29 is 22.4 Å². The molecular formula is C18H36ClNO5SSi. The van der Waals surface area contributed by atoms with Gasteiger partial charge in [-0.3, -0.25) is 4.79 Å². The fourth-order valence-electron chi connectivity index (χ4n) is 1.59. The number of ether oxygens (including phenoxy) is 1. The molecule has 0 aromatic carbocycles. The smallest absolute Gasteiger partial charge is 0.309 e. The van der Waals surface area contributed by atoms with Crippen molar-refractivity contribution in [2.24, 2.45) is 0 Å².